The first kappa shape index (κ1) is 8.72. The lowest BCUT2D eigenvalue weighted by Gasteiger charge is -2.33. The molecule has 1 aromatic rings. The molecule has 1 aliphatic carbocycles. The lowest BCUT2D eigenvalue weighted by Crippen LogP contribution is -2.47. The van der Waals surface area contributed by atoms with E-state index in [1.165, 1.54) is 6.20 Å². The first-order valence-corrected chi connectivity index (χ1v) is 4.54. The number of halogens is 1. The molecule has 1 fully saturated rings. The van der Waals surface area contributed by atoms with Gasteiger partial charge in [-0.15, -0.1) is 0 Å². The molecule has 1 aromatic heterocycles. The average molecular weight is 200 g/mol. The monoisotopic (exact) mass is 199 g/mol. The van der Waals surface area contributed by atoms with Crippen LogP contribution >= 0.6 is 11.6 Å². The van der Waals surface area contributed by atoms with Gasteiger partial charge in [-0.05, 0) is 12.8 Å². The summed E-state index contributed by atoms with van der Waals surface area (Å²) in [4.78, 5) is 7.82. The topological polar surface area (TPSA) is 61.0 Å². The van der Waals surface area contributed by atoms with Gasteiger partial charge in [0.2, 0.25) is 0 Å². The minimum Gasteiger partial charge on any atom is -0.471 e. The van der Waals surface area contributed by atoms with Crippen LogP contribution in [0, 0.1) is 0 Å². The van der Waals surface area contributed by atoms with Gasteiger partial charge in [0.1, 0.15) is 6.10 Å². The molecule has 1 saturated carbocycles. The van der Waals surface area contributed by atoms with Crippen molar-refractivity contribution in [1.29, 1.82) is 0 Å². The Morgan fingerprint density at radius 1 is 1.38 bits per heavy atom. The zero-order valence-corrected chi connectivity index (χ0v) is 7.74. The van der Waals surface area contributed by atoms with Crippen LogP contribution in [0.25, 0.3) is 0 Å². The fourth-order valence-corrected chi connectivity index (χ4v) is 1.32. The van der Waals surface area contributed by atoms with E-state index in [0.717, 1.165) is 12.8 Å². The summed E-state index contributed by atoms with van der Waals surface area (Å²) >= 11 is 5.76. The van der Waals surface area contributed by atoms with E-state index in [9.17, 15) is 0 Å². The summed E-state index contributed by atoms with van der Waals surface area (Å²) in [5, 5.41) is 0.293. The lowest BCUT2D eigenvalue weighted by molar-refractivity contribution is 0.0880. The number of nitrogens with two attached hydrogens (primary N) is 1. The molecule has 2 rings (SSSR count). The largest absolute Gasteiger partial charge is 0.471 e. The van der Waals surface area contributed by atoms with E-state index in [1.54, 1.807) is 6.20 Å². The van der Waals surface area contributed by atoms with Crippen molar-refractivity contribution in [2.45, 2.75) is 25.0 Å². The Bertz CT molecular complexity index is 307. The van der Waals surface area contributed by atoms with Crippen LogP contribution in [0.15, 0.2) is 12.4 Å². The van der Waals surface area contributed by atoms with E-state index >= 15 is 0 Å². The van der Waals surface area contributed by atoms with Gasteiger partial charge in [0.05, 0.1) is 0 Å². The number of hydrogen-bond acceptors (Lipinski definition) is 4. The Morgan fingerprint density at radius 2 is 2.15 bits per heavy atom. The molecule has 2 atom stereocenters. The van der Waals surface area contributed by atoms with Gasteiger partial charge in [0.15, 0.2) is 5.15 Å². The number of ether oxygens (including phenoxy) is 1. The molecule has 1 aliphatic rings. The van der Waals surface area contributed by atoms with Gasteiger partial charge >= 0.3 is 0 Å². The summed E-state index contributed by atoms with van der Waals surface area (Å²) in [6, 6.07) is 0.109. The Kier molecular flexibility index (Phi) is 2.33. The summed E-state index contributed by atoms with van der Waals surface area (Å²) in [6.45, 7) is 0. The minimum absolute atomic E-state index is 0.0502. The smallest absolute Gasteiger partial charge is 0.252 e. The molecular formula is C8H10ClN3O. The second kappa shape index (κ2) is 3.47. The first-order valence-electron chi connectivity index (χ1n) is 4.16. The van der Waals surface area contributed by atoms with Crippen LogP contribution in [0.5, 0.6) is 5.88 Å². The highest BCUT2D eigenvalue weighted by Gasteiger charge is 2.30. The van der Waals surface area contributed by atoms with Crippen LogP contribution in [0.3, 0.4) is 0 Å². The zero-order chi connectivity index (χ0) is 9.26. The van der Waals surface area contributed by atoms with Gasteiger partial charge < -0.3 is 10.5 Å². The molecule has 70 valence electrons. The summed E-state index contributed by atoms with van der Waals surface area (Å²) in [7, 11) is 0. The molecule has 0 saturated heterocycles. The van der Waals surface area contributed by atoms with Gasteiger partial charge in [-0.2, -0.15) is 0 Å². The molecule has 13 heavy (non-hydrogen) atoms. The first-order chi connectivity index (χ1) is 6.27. The Labute approximate surface area is 81.1 Å². The minimum atomic E-state index is 0.0502. The summed E-state index contributed by atoms with van der Waals surface area (Å²) < 4.78 is 5.46. The molecule has 2 unspecified atom stereocenters. The van der Waals surface area contributed by atoms with Gasteiger partial charge in [-0.3, -0.25) is 0 Å². The highest BCUT2D eigenvalue weighted by Crippen LogP contribution is 2.26. The third-order valence-electron chi connectivity index (χ3n) is 2.15. The van der Waals surface area contributed by atoms with E-state index in [4.69, 9.17) is 22.1 Å². The van der Waals surface area contributed by atoms with E-state index in [-0.39, 0.29) is 12.1 Å². The van der Waals surface area contributed by atoms with Gasteiger partial charge in [0.25, 0.3) is 5.88 Å². The lowest BCUT2D eigenvalue weighted by atomic mass is 9.90. The summed E-state index contributed by atoms with van der Waals surface area (Å²) in [5.41, 5.74) is 5.70. The van der Waals surface area contributed by atoms with Crippen LogP contribution < -0.4 is 10.5 Å². The number of rotatable bonds is 2. The third-order valence-corrected chi connectivity index (χ3v) is 2.41. The predicted octanol–water partition coefficient (Wildman–Crippen LogP) is 0.998. The normalized spacial score (nSPS) is 26.6. The fraction of sp³-hybridized carbons (Fsp3) is 0.500. The maximum Gasteiger partial charge on any atom is 0.252 e. The second-order valence-corrected chi connectivity index (χ2v) is 3.41. The molecule has 0 amide bonds. The fourth-order valence-electron chi connectivity index (χ4n) is 1.17. The van der Waals surface area contributed by atoms with E-state index in [2.05, 4.69) is 9.97 Å². The van der Waals surface area contributed by atoms with Gasteiger partial charge in [-0.25, -0.2) is 9.97 Å². The molecule has 0 aromatic carbocycles. The van der Waals surface area contributed by atoms with Crippen molar-refractivity contribution >= 4 is 11.6 Å². The third kappa shape index (κ3) is 1.73. The standard InChI is InChI=1S/C8H10ClN3O/c9-7-8(12-4-3-11-7)13-6-2-1-5(6)10/h3-6H,1-2,10H2. The molecule has 1 heterocycles. The van der Waals surface area contributed by atoms with E-state index in [0.29, 0.717) is 11.0 Å². The summed E-state index contributed by atoms with van der Waals surface area (Å²) in [6.07, 6.45) is 5.09. The molecule has 4 nitrogen and oxygen atoms in total. The van der Waals surface area contributed by atoms with Crippen LogP contribution in [0.4, 0.5) is 0 Å². The highest BCUT2D eigenvalue weighted by molar-refractivity contribution is 6.30. The second-order valence-electron chi connectivity index (χ2n) is 3.05. The van der Waals surface area contributed by atoms with Crippen molar-refractivity contribution < 1.29 is 4.74 Å². The Balaban J connectivity index is 2.05. The van der Waals surface area contributed by atoms with Crippen molar-refractivity contribution in [3.63, 3.8) is 0 Å². The van der Waals surface area contributed by atoms with Crippen molar-refractivity contribution in [1.82, 2.24) is 9.97 Å². The van der Waals surface area contributed by atoms with Gasteiger partial charge in [-0.1, -0.05) is 11.6 Å². The molecule has 0 spiro atoms. The maximum atomic E-state index is 5.76. The number of hydrogen-bond donors (Lipinski definition) is 1. The summed E-state index contributed by atoms with van der Waals surface area (Å²) in [5.74, 6) is 0.379. The predicted molar refractivity (Wildman–Crippen MR) is 48.7 cm³/mol. The Morgan fingerprint density at radius 3 is 2.69 bits per heavy atom. The number of nitrogens with zero attached hydrogens (tertiary/aromatic N) is 2. The van der Waals surface area contributed by atoms with Crippen LogP contribution in [-0.2, 0) is 0 Å². The quantitative estimate of drug-likeness (QED) is 0.772. The van der Waals surface area contributed by atoms with Crippen LogP contribution in [-0.4, -0.2) is 22.1 Å². The van der Waals surface area contributed by atoms with Crippen molar-refractivity contribution in [2.75, 3.05) is 0 Å². The van der Waals surface area contributed by atoms with Crippen molar-refractivity contribution in [2.24, 2.45) is 5.73 Å². The molecular weight excluding hydrogens is 190 g/mol. The number of aromatic nitrogens is 2. The molecule has 5 heteroatoms. The molecule has 0 aliphatic heterocycles. The van der Waals surface area contributed by atoms with Crippen LogP contribution in [0.1, 0.15) is 12.8 Å². The Hall–Kier alpha value is -0.870. The molecule has 0 bridgehead atoms. The molecule has 0 radical (unpaired) electrons. The van der Waals surface area contributed by atoms with Crippen molar-refractivity contribution in [3.8, 4) is 5.88 Å². The maximum absolute atomic E-state index is 5.76. The van der Waals surface area contributed by atoms with E-state index < -0.39 is 0 Å². The molecule has 2 N–H and O–H groups in total. The van der Waals surface area contributed by atoms with Gasteiger partial charge in [0, 0.05) is 18.4 Å². The van der Waals surface area contributed by atoms with Crippen molar-refractivity contribution in [3.05, 3.63) is 17.5 Å². The van der Waals surface area contributed by atoms with E-state index in [1.807, 2.05) is 0 Å². The highest BCUT2D eigenvalue weighted by atomic mass is 35.5. The zero-order valence-electron chi connectivity index (χ0n) is 6.98. The SMILES string of the molecule is NC1CCC1Oc1nccnc1Cl. The average Bonchev–Trinajstić information content (AvgIpc) is 2.14. The van der Waals surface area contributed by atoms with Crippen LogP contribution in [0.2, 0.25) is 5.15 Å².